The molecule has 118 valence electrons. The van der Waals surface area contributed by atoms with Crippen molar-refractivity contribution in [1.29, 1.82) is 0 Å². The fourth-order valence-corrected chi connectivity index (χ4v) is 4.11. The molecule has 0 bridgehead atoms. The summed E-state index contributed by atoms with van der Waals surface area (Å²) in [6.07, 6.45) is 0.679. The van der Waals surface area contributed by atoms with Crippen LogP contribution in [0, 0.1) is 5.41 Å². The highest BCUT2D eigenvalue weighted by atomic mass is 32.2. The molecule has 0 spiro atoms. The van der Waals surface area contributed by atoms with Crippen LogP contribution in [0.3, 0.4) is 0 Å². The van der Waals surface area contributed by atoms with Crippen molar-refractivity contribution in [2.24, 2.45) is 11.1 Å². The maximum absolute atomic E-state index is 12.3. The first-order chi connectivity index (χ1) is 9.03. The normalized spacial score (nSPS) is 20.8. The van der Waals surface area contributed by atoms with Crippen molar-refractivity contribution in [2.45, 2.75) is 40.2 Å². The van der Waals surface area contributed by atoms with E-state index in [2.05, 4.69) is 25.7 Å². The zero-order valence-corrected chi connectivity index (χ0v) is 14.6. The number of rotatable bonds is 5. The summed E-state index contributed by atoms with van der Waals surface area (Å²) in [6, 6.07) is 0.0319. The lowest BCUT2D eigenvalue weighted by Gasteiger charge is -2.37. The van der Waals surface area contributed by atoms with Gasteiger partial charge in [-0.2, -0.15) is 4.31 Å². The molecule has 0 aromatic rings. The SMILES string of the molecule is CC(C(N)=S)N1CCN(S(=O)(=O)CCC(C)(C)C)CC1. The quantitative estimate of drug-likeness (QED) is 0.767. The van der Waals surface area contributed by atoms with E-state index in [4.69, 9.17) is 18.0 Å². The van der Waals surface area contributed by atoms with E-state index < -0.39 is 10.0 Å². The molecular formula is C13H27N3O2S2. The van der Waals surface area contributed by atoms with Crippen LogP contribution >= 0.6 is 12.2 Å². The van der Waals surface area contributed by atoms with Gasteiger partial charge in [0.25, 0.3) is 0 Å². The summed E-state index contributed by atoms with van der Waals surface area (Å²) in [5.41, 5.74) is 5.68. The number of nitrogens with two attached hydrogens (primary N) is 1. The van der Waals surface area contributed by atoms with Crippen molar-refractivity contribution in [3.05, 3.63) is 0 Å². The van der Waals surface area contributed by atoms with Gasteiger partial charge in [-0.25, -0.2) is 8.42 Å². The van der Waals surface area contributed by atoms with Crippen LogP contribution in [0.25, 0.3) is 0 Å². The van der Waals surface area contributed by atoms with Gasteiger partial charge in [0.05, 0.1) is 16.8 Å². The lowest BCUT2D eigenvalue weighted by atomic mass is 9.94. The van der Waals surface area contributed by atoms with E-state index in [9.17, 15) is 8.42 Å². The van der Waals surface area contributed by atoms with Crippen LogP contribution < -0.4 is 5.73 Å². The van der Waals surface area contributed by atoms with Crippen molar-refractivity contribution in [1.82, 2.24) is 9.21 Å². The van der Waals surface area contributed by atoms with Crippen LogP contribution in [-0.4, -0.2) is 60.6 Å². The first-order valence-corrected chi connectivity index (χ1v) is 9.06. The molecule has 1 saturated heterocycles. The molecule has 1 heterocycles. The standard InChI is InChI=1S/C13H27N3O2S2/c1-11(12(14)19)15-6-8-16(9-7-15)20(17,18)10-5-13(2,3)4/h11H,5-10H2,1-4H3,(H2,14,19). The predicted molar refractivity (Wildman–Crippen MR) is 87.3 cm³/mol. The fourth-order valence-electron chi connectivity index (χ4n) is 2.11. The number of sulfonamides is 1. The van der Waals surface area contributed by atoms with Gasteiger partial charge < -0.3 is 5.73 Å². The molecule has 0 aliphatic carbocycles. The summed E-state index contributed by atoms with van der Waals surface area (Å²) in [5, 5.41) is 0. The molecule has 1 aliphatic heterocycles. The number of thiocarbonyl (C=S) groups is 1. The van der Waals surface area contributed by atoms with Crippen molar-refractivity contribution < 1.29 is 8.42 Å². The van der Waals surface area contributed by atoms with E-state index in [0.717, 1.165) is 0 Å². The molecule has 0 aromatic carbocycles. The van der Waals surface area contributed by atoms with E-state index in [-0.39, 0.29) is 17.2 Å². The third kappa shape index (κ3) is 5.27. The number of hydrogen-bond acceptors (Lipinski definition) is 4. The molecule has 0 saturated carbocycles. The second-order valence-corrected chi connectivity index (χ2v) is 9.20. The molecule has 1 fully saturated rings. The zero-order valence-electron chi connectivity index (χ0n) is 12.9. The van der Waals surface area contributed by atoms with Crippen molar-refractivity contribution in [3.8, 4) is 0 Å². The molecule has 1 atom stereocenters. The van der Waals surface area contributed by atoms with Gasteiger partial charge in [0.1, 0.15) is 0 Å². The van der Waals surface area contributed by atoms with Crippen LogP contribution in [0.5, 0.6) is 0 Å². The Hall–Kier alpha value is -0.240. The molecule has 0 amide bonds. The third-order valence-electron chi connectivity index (χ3n) is 3.74. The fraction of sp³-hybridized carbons (Fsp3) is 0.923. The zero-order chi connectivity index (χ0) is 15.6. The van der Waals surface area contributed by atoms with Gasteiger partial charge >= 0.3 is 0 Å². The van der Waals surface area contributed by atoms with E-state index in [1.807, 2.05) is 6.92 Å². The van der Waals surface area contributed by atoms with Gasteiger partial charge in [0, 0.05) is 26.2 Å². The summed E-state index contributed by atoms with van der Waals surface area (Å²) in [6.45, 7) is 10.6. The Kier molecular flexibility index (Phi) is 5.95. The highest BCUT2D eigenvalue weighted by Gasteiger charge is 2.30. The third-order valence-corrected chi connectivity index (χ3v) is 5.95. The Bertz CT molecular complexity index is 435. The monoisotopic (exact) mass is 321 g/mol. The van der Waals surface area contributed by atoms with Gasteiger partial charge in [0.2, 0.25) is 10.0 Å². The highest BCUT2D eigenvalue weighted by Crippen LogP contribution is 2.21. The Morgan fingerprint density at radius 2 is 1.75 bits per heavy atom. The predicted octanol–water partition coefficient (Wildman–Crippen LogP) is 1.04. The van der Waals surface area contributed by atoms with Gasteiger partial charge in [0.15, 0.2) is 0 Å². The van der Waals surface area contributed by atoms with Crippen molar-refractivity contribution in [2.75, 3.05) is 31.9 Å². The Balaban J connectivity index is 2.54. The van der Waals surface area contributed by atoms with Crippen LogP contribution in [0.4, 0.5) is 0 Å². The smallest absolute Gasteiger partial charge is 0.214 e. The molecule has 1 rings (SSSR count). The first kappa shape index (κ1) is 17.8. The minimum Gasteiger partial charge on any atom is -0.392 e. The summed E-state index contributed by atoms with van der Waals surface area (Å²) in [4.78, 5) is 2.60. The van der Waals surface area contributed by atoms with E-state index in [1.54, 1.807) is 4.31 Å². The molecule has 20 heavy (non-hydrogen) atoms. The lowest BCUT2D eigenvalue weighted by molar-refractivity contribution is 0.174. The van der Waals surface area contributed by atoms with E-state index >= 15 is 0 Å². The minimum atomic E-state index is -3.14. The molecule has 2 N–H and O–H groups in total. The average molecular weight is 322 g/mol. The lowest BCUT2D eigenvalue weighted by Crippen LogP contribution is -2.54. The maximum Gasteiger partial charge on any atom is 0.214 e. The maximum atomic E-state index is 12.3. The average Bonchev–Trinajstić information content (AvgIpc) is 2.35. The van der Waals surface area contributed by atoms with Gasteiger partial charge in [-0.3, -0.25) is 4.90 Å². The molecule has 0 radical (unpaired) electrons. The first-order valence-electron chi connectivity index (χ1n) is 7.04. The molecule has 5 nitrogen and oxygen atoms in total. The summed E-state index contributed by atoms with van der Waals surface area (Å²) >= 11 is 4.99. The number of nitrogens with zero attached hydrogens (tertiary/aromatic N) is 2. The van der Waals surface area contributed by atoms with E-state index in [1.165, 1.54) is 0 Å². The number of piperazine rings is 1. The molecule has 0 aromatic heterocycles. The van der Waals surface area contributed by atoms with Crippen LogP contribution in [0.2, 0.25) is 0 Å². The van der Waals surface area contributed by atoms with Crippen LogP contribution in [0.1, 0.15) is 34.1 Å². The van der Waals surface area contributed by atoms with Gasteiger partial charge in [-0.1, -0.05) is 33.0 Å². The van der Waals surface area contributed by atoms with Crippen LogP contribution in [0.15, 0.2) is 0 Å². The Labute approximate surface area is 128 Å². The van der Waals surface area contributed by atoms with E-state index in [0.29, 0.717) is 37.6 Å². The molecule has 1 unspecified atom stereocenters. The van der Waals surface area contributed by atoms with Gasteiger partial charge in [-0.05, 0) is 18.8 Å². The van der Waals surface area contributed by atoms with Crippen molar-refractivity contribution >= 4 is 27.2 Å². The van der Waals surface area contributed by atoms with Crippen LogP contribution in [-0.2, 0) is 10.0 Å². The van der Waals surface area contributed by atoms with Gasteiger partial charge in [-0.15, -0.1) is 0 Å². The summed E-state index contributed by atoms with van der Waals surface area (Å²) < 4.78 is 26.2. The molecule has 7 heteroatoms. The van der Waals surface area contributed by atoms with Crippen molar-refractivity contribution in [3.63, 3.8) is 0 Å². The minimum absolute atomic E-state index is 0.0319. The second kappa shape index (κ2) is 6.68. The number of hydrogen-bond donors (Lipinski definition) is 1. The Morgan fingerprint density at radius 3 is 2.15 bits per heavy atom. The topological polar surface area (TPSA) is 66.6 Å². The Morgan fingerprint density at radius 1 is 1.25 bits per heavy atom. The summed E-state index contributed by atoms with van der Waals surface area (Å²) in [5.74, 6) is 0.224. The highest BCUT2D eigenvalue weighted by molar-refractivity contribution is 7.89. The largest absolute Gasteiger partial charge is 0.392 e. The molecular weight excluding hydrogens is 294 g/mol. The second-order valence-electron chi connectivity index (χ2n) is 6.64. The molecule has 1 aliphatic rings. The summed E-state index contributed by atoms with van der Waals surface area (Å²) in [7, 11) is -3.14.